The van der Waals surface area contributed by atoms with Gasteiger partial charge in [-0.25, -0.2) is 0 Å². The van der Waals surface area contributed by atoms with E-state index in [2.05, 4.69) is 15.5 Å². The number of nitrogens with two attached hydrogens (primary N) is 1. The molecule has 2 N–H and O–H groups in total. The second kappa shape index (κ2) is 7.50. The lowest BCUT2D eigenvalue weighted by molar-refractivity contribution is -0.385. The molecule has 0 aliphatic carbocycles. The molecular weight excluding hydrogens is 380 g/mol. The first-order valence-corrected chi connectivity index (χ1v) is 8.56. The molecule has 1 amide bonds. The maximum Gasteiger partial charge on any atom is 0.274 e. The molecule has 0 fully saturated rings. The van der Waals surface area contributed by atoms with Gasteiger partial charge in [0, 0.05) is 28.0 Å². The summed E-state index contributed by atoms with van der Waals surface area (Å²) in [5.41, 5.74) is 6.21. The number of benzene rings is 2. The fourth-order valence-corrected chi connectivity index (χ4v) is 3.18. The number of amides is 1. The van der Waals surface area contributed by atoms with Crippen molar-refractivity contribution in [2.24, 2.45) is 5.73 Å². The summed E-state index contributed by atoms with van der Waals surface area (Å²) in [5.74, 6) is -0.484. The Balaban J connectivity index is 1.84. The Morgan fingerprint density at radius 2 is 2.00 bits per heavy atom. The van der Waals surface area contributed by atoms with Crippen molar-refractivity contribution >= 4 is 35.0 Å². The van der Waals surface area contributed by atoms with E-state index < -0.39 is 10.8 Å². The molecule has 0 saturated carbocycles. The normalized spacial score (nSPS) is 10.7. The fraction of sp³-hybridized carbons (Fsp3) is 0.0667. The number of primary amides is 1. The zero-order valence-electron chi connectivity index (χ0n) is 13.1. The van der Waals surface area contributed by atoms with Crippen LogP contribution in [0.2, 0.25) is 5.02 Å². The highest BCUT2D eigenvalue weighted by Crippen LogP contribution is 2.28. The van der Waals surface area contributed by atoms with Gasteiger partial charge in [-0.2, -0.15) is 4.68 Å². The highest BCUT2D eigenvalue weighted by molar-refractivity contribution is 7.98. The summed E-state index contributed by atoms with van der Waals surface area (Å²) >= 11 is 7.10. The molecular formula is C15H11ClN6O3S. The maximum atomic E-state index is 11.3. The van der Waals surface area contributed by atoms with Crippen molar-refractivity contribution < 1.29 is 9.72 Å². The van der Waals surface area contributed by atoms with Gasteiger partial charge < -0.3 is 5.73 Å². The van der Waals surface area contributed by atoms with Gasteiger partial charge in [-0.05, 0) is 40.8 Å². The molecule has 2 aromatic carbocycles. The maximum absolute atomic E-state index is 11.3. The van der Waals surface area contributed by atoms with Crippen LogP contribution in [0.4, 0.5) is 5.69 Å². The summed E-state index contributed by atoms with van der Waals surface area (Å²) < 4.78 is 1.50. The van der Waals surface area contributed by atoms with Gasteiger partial charge >= 0.3 is 0 Å². The standard InChI is InChI=1S/C15H11ClN6O3S/c16-11-3-5-12(6-4-11)21-15(18-19-20-21)26-8-10-2-1-9(14(17)23)7-13(10)22(24)25/h1-7H,8H2,(H2,17,23). The summed E-state index contributed by atoms with van der Waals surface area (Å²) in [6, 6.07) is 11.1. The van der Waals surface area contributed by atoms with E-state index in [0.29, 0.717) is 21.4 Å². The molecule has 132 valence electrons. The summed E-state index contributed by atoms with van der Waals surface area (Å²) in [5, 5.41) is 23.8. The molecule has 0 atom stereocenters. The molecule has 0 aliphatic rings. The van der Waals surface area contributed by atoms with Gasteiger partial charge in [0.25, 0.3) is 5.69 Å². The smallest absolute Gasteiger partial charge is 0.274 e. The molecule has 1 aromatic heterocycles. The Morgan fingerprint density at radius 3 is 2.65 bits per heavy atom. The molecule has 0 radical (unpaired) electrons. The first-order valence-electron chi connectivity index (χ1n) is 7.20. The van der Waals surface area contributed by atoms with Gasteiger partial charge in [-0.3, -0.25) is 14.9 Å². The van der Waals surface area contributed by atoms with Gasteiger partial charge in [-0.15, -0.1) is 5.10 Å². The quantitative estimate of drug-likeness (QED) is 0.389. The Labute approximate surface area is 156 Å². The number of nitrogens with zero attached hydrogens (tertiary/aromatic N) is 5. The fourth-order valence-electron chi connectivity index (χ4n) is 2.16. The van der Waals surface area contributed by atoms with Crippen LogP contribution in [0, 0.1) is 10.1 Å². The molecule has 11 heteroatoms. The summed E-state index contributed by atoms with van der Waals surface area (Å²) in [6.45, 7) is 0. The van der Waals surface area contributed by atoms with Crippen molar-refractivity contribution in [2.45, 2.75) is 10.9 Å². The minimum absolute atomic E-state index is 0.0800. The van der Waals surface area contributed by atoms with Gasteiger partial charge in [-0.1, -0.05) is 29.4 Å². The van der Waals surface area contributed by atoms with E-state index in [1.54, 1.807) is 24.3 Å². The average molecular weight is 391 g/mol. The number of hydrogen-bond donors (Lipinski definition) is 1. The lowest BCUT2D eigenvalue weighted by Crippen LogP contribution is -2.11. The Kier molecular flexibility index (Phi) is 5.14. The predicted molar refractivity (Wildman–Crippen MR) is 95.3 cm³/mol. The van der Waals surface area contributed by atoms with Crippen LogP contribution in [0.15, 0.2) is 47.6 Å². The molecule has 0 unspecified atom stereocenters. The lowest BCUT2D eigenvalue weighted by Gasteiger charge is -2.06. The van der Waals surface area contributed by atoms with Crippen molar-refractivity contribution in [3.8, 4) is 5.69 Å². The molecule has 26 heavy (non-hydrogen) atoms. The molecule has 0 aliphatic heterocycles. The van der Waals surface area contributed by atoms with Gasteiger partial charge in [0.15, 0.2) is 0 Å². The number of nitro groups is 1. The minimum atomic E-state index is -0.723. The monoisotopic (exact) mass is 390 g/mol. The van der Waals surface area contributed by atoms with Crippen LogP contribution < -0.4 is 5.73 Å². The number of halogens is 1. The first kappa shape index (κ1) is 17.8. The van der Waals surface area contributed by atoms with E-state index in [9.17, 15) is 14.9 Å². The summed E-state index contributed by atoms with van der Waals surface area (Å²) in [6.07, 6.45) is 0. The number of carbonyl (C=O) groups excluding carboxylic acids is 1. The van der Waals surface area contributed by atoms with Crippen LogP contribution >= 0.6 is 23.4 Å². The number of thioether (sulfide) groups is 1. The highest BCUT2D eigenvalue weighted by Gasteiger charge is 2.18. The highest BCUT2D eigenvalue weighted by atomic mass is 35.5. The molecule has 0 spiro atoms. The third kappa shape index (κ3) is 3.81. The molecule has 1 heterocycles. The second-order valence-electron chi connectivity index (χ2n) is 5.10. The molecule has 3 rings (SSSR count). The number of rotatable bonds is 6. The van der Waals surface area contributed by atoms with Crippen LogP contribution in [-0.2, 0) is 5.75 Å². The number of carbonyl (C=O) groups is 1. The van der Waals surface area contributed by atoms with Crippen molar-refractivity contribution in [1.82, 2.24) is 20.2 Å². The Morgan fingerprint density at radius 1 is 1.27 bits per heavy atom. The SMILES string of the molecule is NC(=O)c1ccc(CSc2nnnn2-c2ccc(Cl)cc2)c([N+](=O)[O-])c1. The van der Waals surface area contributed by atoms with Crippen molar-refractivity contribution in [3.05, 3.63) is 68.7 Å². The predicted octanol–water partition coefficient (Wildman–Crippen LogP) is 2.62. The zero-order chi connectivity index (χ0) is 18.7. The Hall–Kier alpha value is -2.98. The zero-order valence-corrected chi connectivity index (χ0v) is 14.6. The van der Waals surface area contributed by atoms with Crippen LogP contribution in [0.1, 0.15) is 15.9 Å². The number of tetrazole rings is 1. The molecule has 3 aromatic rings. The lowest BCUT2D eigenvalue weighted by atomic mass is 10.1. The van der Waals surface area contributed by atoms with E-state index in [-0.39, 0.29) is 17.0 Å². The van der Waals surface area contributed by atoms with E-state index >= 15 is 0 Å². The number of aromatic nitrogens is 4. The van der Waals surface area contributed by atoms with Crippen molar-refractivity contribution in [1.29, 1.82) is 0 Å². The van der Waals surface area contributed by atoms with Crippen LogP contribution in [-0.4, -0.2) is 31.0 Å². The Bertz CT molecular complexity index is 976. The van der Waals surface area contributed by atoms with Gasteiger partial charge in [0.05, 0.1) is 10.6 Å². The van der Waals surface area contributed by atoms with Crippen LogP contribution in [0.3, 0.4) is 0 Å². The average Bonchev–Trinajstić information content (AvgIpc) is 3.08. The largest absolute Gasteiger partial charge is 0.366 e. The number of nitro benzene ring substituents is 1. The van der Waals surface area contributed by atoms with E-state index in [1.807, 2.05) is 0 Å². The van der Waals surface area contributed by atoms with E-state index in [0.717, 1.165) is 0 Å². The van der Waals surface area contributed by atoms with Crippen molar-refractivity contribution in [3.63, 3.8) is 0 Å². The summed E-state index contributed by atoms with van der Waals surface area (Å²) in [4.78, 5) is 21.9. The first-order chi connectivity index (χ1) is 12.5. The third-order valence-corrected chi connectivity index (χ3v) is 4.66. The second-order valence-corrected chi connectivity index (χ2v) is 6.48. The molecule has 0 saturated heterocycles. The summed E-state index contributed by atoms with van der Waals surface area (Å²) in [7, 11) is 0. The van der Waals surface area contributed by atoms with E-state index in [1.165, 1.54) is 34.6 Å². The van der Waals surface area contributed by atoms with Gasteiger partial charge in [0.2, 0.25) is 11.1 Å². The van der Waals surface area contributed by atoms with Crippen molar-refractivity contribution in [2.75, 3.05) is 0 Å². The topological polar surface area (TPSA) is 130 Å². The van der Waals surface area contributed by atoms with Gasteiger partial charge in [0.1, 0.15) is 0 Å². The van der Waals surface area contributed by atoms with Crippen LogP contribution in [0.5, 0.6) is 0 Å². The third-order valence-electron chi connectivity index (χ3n) is 3.44. The number of hydrogen-bond acceptors (Lipinski definition) is 7. The molecule has 9 nitrogen and oxygen atoms in total. The molecule has 0 bridgehead atoms. The minimum Gasteiger partial charge on any atom is -0.366 e. The van der Waals surface area contributed by atoms with Crippen LogP contribution in [0.25, 0.3) is 5.69 Å². The van der Waals surface area contributed by atoms with E-state index in [4.69, 9.17) is 17.3 Å².